The average Bonchev–Trinajstić information content (AvgIpc) is 3.64. The molecule has 1 aliphatic rings. The van der Waals surface area contributed by atoms with Gasteiger partial charge in [0, 0.05) is 35.0 Å². The molecule has 2 heterocycles. The van der Waals surface area contributed by atoms with E-state index in [0.717, 1.165) is 11.3 Å². The number of imidazole rings is 1. The Morgan fingerprint density at radius 1 is 1.13 bits per heavy atom. The molecule has 0 radical (unpaired) electrons. The third-order valence-corrected chi connectivity index (χ3v) is 10.7. The Morgan fingerprint density at radius 2 is 1.87 bits per heavy atom. The Bertz CT molecular complexity index is 1830. The van der Waals surface area contributed by atoms with E-state index in [1.54, 1.807) is 37.6 Å². The molecular weight excluding hydrogens is 662 g/mol. The number of methoxy groups -OCH3 is 1. The maximum atomic E-state index is 13.9. The highest BCUT2D eigenvalue weighted by Crippen LogP contribution is 2.39. The minimum absolute atomic E-state index is 0.0682. The number of urea groups is 1. The van der Waals surface area contributed by atoms with E-state index in [1.165, 1.54) is 40.9 Å². The lowest BCUT2D eigenvalue weighted by Gasteiger charge is -2.28. The molecule has 1 atom stereocenters. The lowest BCUT2D eigenvalue weighted by atomic mass is 9.81. The fourth-order valence-corrected chi connectivity index (χ4v) is 7.61. The van der Waals surface area contributed by atoms with Crippen molar-refractivity contribution in [3.05, 3.63) is 99.5 Å². The number of hydrogen-bond acceptors (Lipinski definition) is 7. The highest BCUT2D eigenvalue weighted by molar-refractivity contribution is 7.98. The van der Waals surface area contributed by atoms with Crippen LogP contribution in [0.5, 0.6) is 5.75 Å². The number of benzene rings is 3. The third-order valence-electron chi connectivity index (χ3n) is 7.69. The minimum Gasteiger partial charge on any atom is -0.495 e. The number of carbonyl (C=O) groups excluding carboxylic acids is 1. The van der Waals surface area contributed by atoms with E-state index in [2.05, 4.69) is 0 Å². The van der Waals surface area contributed by atoms with Gasteiger partial charge in [-0.15, -0.1) is 0 Å². The Hall–Kier alpha value is -3.29. The molecular formula is C31H31Cl2FN4O5S2. The number of β-amino-alcohol motifs (C(OH)–C–C–N with tert-alkyl or cyclic N) is 1. The summed E-state index contributed by atoms with van der Waals surface area (Å²) in [5.74, 6) is 0.510. The van der Waals surface area contributed by atoms with Gasteiger partial charge in [0.1, 0.15) is 11.6 Å². The van der Waals surface area contributed by atoms with Crippen LogP contribution in [0, 0.1) is 5.82 Å². The number of ether oxygens (including phenoxy) is 1. The minimum atomic E-state index is -4.19. The van der Waals surface area contributed by atoms with Crippen molar-refractivity contribution < 1.29 is 27.4 Å². The number of hydrogen-bond donors (Lipinski definition) is 2. The van der Waals surface area contributed by atoms with Gasteiger partial charge in [-0.3, -0.25) is 4.57 Å². The lowest BCUT2D eigenvalue weighted by molar-refractivity contribution is 0.174. The van der Waals surface area contributed by atoms with E-state index < -0.39 is 27.6 Å². The molecule has 45 heavy (non-hydrogen) atoms. The second-order valence-corrected chi connectivity index (χ2v) is 14.5. The number of carbonyl (C=O) groups is 1. The van der Waals surface area contributed by atoms with Crippen molar-refractivity contribution >= 4 is 51.0 Å². The zero-order chi connectivity index (χ0) is 32.5. The van der Waals surface area contributed by atoms with Gasteiger partial charge in [0.05, 0.1) is 35.0 Å². The summed E-state index contributed by atoms with van der Waals surface area (Å²) in [6.07, 6.45) is 1.48. The second-order valence-electron chi connectivity index (χ2n) is 11.1. The molecule has 3 aromatic carbocycles. The van der Waals surface area contributed by atoms with E-state index in [1.807, 2.05) is 35.3 Å². The van der Waals surface area contributed by atoms with Crippen LogP contribution in [0.1, 0.15) is 37.1 Å². The fraction of sp³-hybridized carbons (Fsp3) is 0.290. The lowest BCUT2D eigenvalue weighted by Crippen LogP contribution is -2.41. The van der Waals surface area contributed by atoms with Crippen LogP contribution in [0.2, 0.25) is 10.0 Å². The predicted octanol–water partition coefficient (Wildman–Crippen LogP) is 6.41. The molecule has 1 aliphatic heterocycles. The Balaban J connectivity index is 1.41. The predicted molar refractivity (Wildman–Crippen MR) is 173 cm³/mol. The van der Waals surface area contributed by atoms with Crippen LogP contribution in [-0.2, 0) is 21.2 Å². The van der Waals surface area contributed by atoms with E-state index >= 15 is 0 Å². The van der Waals surface area contributed by atoms with E-state index in [0.29, 0.717) is 39.4 Å². The number of aromatic nitrogens is 2. The molecule has 1 fully saturated rings. The van der Waals surface area contributed by atoms with Crippen LogP contribution in [0.3, 0.4) is 0 Å². The molecule has 0 bridgehead atoms. The summed E-state index contributed by atoms with van der Waals surface area (Å²) in [6.45, 7) is 4.42. The zero-order valence-electron chi connectivity index (χ0n) is 24.6. The van der Waals surface area contributed by atoms with Crippen molar-refractivity contribution in [2.75, 3.05) is 20.2 Å². The summed E-state index contributed by atoms with van der Waals surface area (Å²) >= 11 is 14.2. The number of amides is 2. The van der Waals surface area contributed by atoms with E-state index in [-0.39, 0.29) is 28.8 Å². The van der Waals surface area contributed by atoms with Gasteiger partial charge in [-0.1, -0.05) is 60.9 Å². The van der Waals surface area contributed by atoms with Crippen molar-refractivity contribution in [2.45, 2.75) is 47.6 Å². The van der Waals surface area contributed by atoms with E-state index in [4.69, 9.17) is 32.9 Å². The molecule has 5 rings (SSSR count). The van der Waals surface area contributed by atoms with Crippen molar-refractivity contribution in [3.8, 4) is 11.4 Å². The van der Waals surface area contributed by atoms with Gasteiger partial charge >= 0.3 is 6.03 Å². The summed E-state index contributed by atoms with van der Waals surface area (Å²) in [6, 6.07) is 15.1. The van der Waals surface area contributed by atoms with Crippen LogP contribution in [0.25, 0.3) is 5.69 Å². The van der Waals surface area contributed by atoms with Crippen LogP contribution in [0.4, 0.5) is 9.18 Å². The zero-order valence-corrected chi connectivity index (χ0v) is 27.8. The molecule has 1 unspecified atom stereocenters. The molecule has 0 aliphatic carbocycles. The number of halogens is 3. The van der Waals surface area contributed by atoms with Gasteiger partial charge in [0.15, 0.2) is 5.16 Å². The van der Waals surface area contributed by atoms with Crippen LogP contribution >= 0.6 is 35.0 Å². The van der Waals surface area contributed by atoms with Gasteiger partial charge in [0.2, 0.25) is 0 Å². The summed E-state index contributed by atoms with van der Waals surface area (Å²) in [5.41, 5.74) is 2.52. The standard InChI is InChI=1S/C31H31Cl2FN4O5S2/c1-31(2,20-5-11-25(32)27(14-20)43-3)28-16-35-30(38(28)22-8-6-21(34)7-9-22)44-18-19-4-10-24(15-26(19)33)45(41,42)36-29(40)37-13-12-23(39)17-37/h4-11,14-16,23,39H,12-13,17-18H2,1-3H3,(H,36,40). The van der Waals surface area contributed by atoms with Gasteiger partial charge in [-0.2, -0.15) is 0 Å². The number of thioether (sulfide) groups is 1. The van der Waals surface area contributed by atoms with Crippen LogP contribution in [0.15, 0.2) is 76.9 Å². The molecule has 4 aromatic rings. The first-order chi connectivity index (χ1) is 21.3. The molecule has 0 spiro atoms. The second kappa shape index (κ2) is 13.2. The maximum absolute atomic E-state index is 13.9. The fourth-order valence-electron chi connectivity index (χ4n) is 5.03. The quantitative estimate of drug-likeness (QED) is 0.195. The number of nitrogens with zero attached hydrogens (tertiary/aromatic N) is 3. The van der Waals surface area contributed by atoms with Gasteiger partial charge < -0.3 is 14.7 Å². The molecule has 238 valence electrons. The molecule has 1 aromatic heterocycles. The number of likely N-dealkylation sites (tertiary alicyclic amines) is 1. The van der Waals surface area contributed by atoms with Crippen LogP contribution < -0.4 is 9.46 Å². The molecule has 0 saturated carbocycles. The third kappa shape index (κ3) is 7.10. The Labute approximate surface area is 275 Å². The van der Waals surface area contributed by atoms with Crippen molar-refractivity contribution in [2.24, 2.45) is 0 Å². The van der Waals surface area contributed by atoms with Crippen molar-refractivity contribution in [3.63, 3.8) is 0 Å². The average molecular weight is 694 g/mol. The SMILES string of the molecule is COc1cc(C(C)(C)c2cnc(SCc3ccc(S(=O)(=O)NC(=O)N4CCC(O)C4)cc3Cl)n2-c2ccc(F)cc2)ccc1Cl. The molecule has 2 amide bonds. The first-order valence-corrected chi connectivity index (χ1v) is 17.1. The van der Waals surface area contributed by atoms with Crippen molar-refractivity contribution in [1.82, 2.24) is 19.2 Å². The highest BCUT2D eigenvalue weighted by Gasteiger charge is 2.31. The highest BCUT2D eigenvalue weighted by atomic mass is 35.5. The van der Waals surface area contributed by atoms with Crippen molar-refractivity contribution in [1.29, 1.82) is 0 Å². The number of aliphatic hydroxyl groups is 1. The Kier molecular flexibility index (Phi) is 9.71. The van der Waals surface area contributed by atoms with E-state index in [9.17, 15) is 22.7 Å². The monoisotopic (exact) mass is 692 g/mol. The molecule has 2 N–H and O–H groups in total. The molecule has 1 saturated heterocycles. The summed E-state index contributed by atoms with van der Waals surface area (Å²) < 4.78 is 49.1. The molecule has 14 heteroatoms. The maximum Gasteiger partial charge on any atom is 0.331 e. The number of sulfonamides is 1. The number of aliphatic hydroxyl groups excluding tert-OH is 1. The first kappa shape index (κ1) is 33.1. The largest absolute Gasteiger partial charge is 0.495 e. The summed E-state index contributed by atoms with van der Waals surface area (Å²) in [7, 11) is -2.64. The summed E-state index contributed by atoms with van der Waals surface area (Å²) in [4.78, 5) is 18.2. The molecule has 9 nitrogen and oxygen atoms in total. The van der Waals surface area contributed by atoms with Crippen LogP contribution in [-0.4, -0.2) is 60.3 Å². The van der Waals surface area contributed by atoms with Gasteiger partial charge in [-0.25, -0.2) is 27.3 Å². The van der Waals surface area contributed by atoms with Gasteiger partial charge in [0.25, 0.3) is 10.0 Å². The number of nitrogens with one attached hydrogen (secondary N) is 1. The van der Waals surface area contributed by atoms with Gasteiger partial charge in [-0.05, 0) is 66.1 Å². The Morgan fingerprint density at radius 3 is 2.51 bits per heavy atom. The smallest absolute Gasteiger partial charge is 0.331 e. The number of rotatable bonds is 9. The topological polar surface area (TPSA) is 114 Å². The normalized spacial score (nSPS) is 15.4. The summed E-state index contributed by atoms with van der Waals surface area (Å²) in [5, 5.41) is 11.0. The first-order valence-electron chi connectivity index (χ1n) is 13.9.